The molecule has 1 aliphatic heterocycles. The minimum absolute atomic E-state index is 0.0335. The molecule has 2 amide bonds. The molecule has 2 rings (SSSR count). The number of nitrogens with zero attached hydrogens (tertiary/aromatic N) is 1. The summed E-state index contributed by atoms with van der Waals surface area (Å²) >= 11 is 0. The van der Waals surface area contributed by atoms with Gasteiger partial charge in [0.25, 0.3) is 0 Å². The number of carbonyl (C=O) groups is 1. The average molecular weight is 312 g/mol. The Kier molecular flexibility index (Phi) is 6.50. The number of hydrogen-bond acceptors (Lipinski definition) is 3. The summed E-state index contributed by atoms with van der Waals surface area (Å²) in [6.45, 7) is 4.64. The highest BCUT2D eigenvalue weighted by atomic mass is 16.5. The Morgan fingerprint density at radius 1 is 1.36 bits per heavy atom. The highest BCUT2D eigenvalue weighted by Gasteiger charge is 2.39. The lowest BCUT2D eigenvalue weighted by molar-refractivity contribution is -0.0733. The lowest BCUT2D eigenvalue weighted by atomic mass is 9.80. The van der Waals surface area contributed by atoms with Crippen LogP contribution in [0.25, 0.3) is 0 Å². The van der Waals surface area contributed by atoms with Crippen molar-refractivity contribution in [2.24, 2.45) is 11.8 Å². The third-order valence-electron chi connectivity index (χ3n) is 5.52. The van der Waals surface area contributed by atoms with E-state index in [1.807, 2.05) is 11.8 Å². The van der Waals surface area contributed by atoms with Crippen molar-refractivity contribution >= 4 is 6.03 Å². The largest absolute Gasteiger partial charge is 0.389 e. The maximum Gasteiger partial charge on any atom is 0.317 e. The Balaban J connectivity index is 1.75. The van der Waals surface area contributed by atoms with Gasteiger partial charge < -0.3 is 20.1 Å². The number of methoxy groups -OCH3 is 1. The second-order valence-corrected chi connectivity index (χ2v) is 7.13. The second kappa shape index (κ2) is 8.16. The third kappa shape index (κ3) is 4.59. The Hall–Kier alpha value is -0.810. The molecule has 0 bridgehead atoms. The molecule has 1 heterocycles. The number of hydrogen-bond donors (Lipinski definition) is 2. The van der Waals surface area contributed by atoms with Crippen molar-refractivity contribution in [3.63, 3.8) is 0 Å². The van der Waals surface area contributed by atoms with Crippen LogP contribution < -0.4 is 5.32 Å². The van der Waals surface area contributed by atoms with Crippen molar-refractivity contribution in [3.8, 4) is 0 Å². The number of amides is 2. The molecule has 0 spiro atoms. The first-order chi connectivity index (χ1) is 10.5. The van der Waals surface area contributed by atoms with E-state index in [2.05, 4.69) is 5.32 Å². The van der Waals surface area contributed by atoms with Crippen LogP contribution in [0, 0.1) is 11.8 Å². The maximum absolute atomic E-state index is 12.3. The Morgan fingerprint density at radius 2 is 2.09 bits per heavy atom. The number of carbonyl (C=O) groups excluding carboxylic acids is 1. The second-order valence-electron chi connectivity index (χ2n) is 7.13. The van der Waals surface area contributed by atoms with E-state index in [4.69, 9.17) is 4.74 Å². The molecule has 2 atom stereocenters. The lowest BCUT2D eigenvalue weighted by Crippen LogP contribution is -2.55. The zero-order valence-corrected chi connectivity index (χ0v) is 14.1. The van der Waals surface area contributed by atoms with E-state index < -0.39 is 5.60 Å². The molecule has 5 nitrogen and oxygen atoms in total. The van der Waals surface area contributed by atoms with Crippen LogP contribution in [0.4, 0.5) is 4.79 Å². The van der Waals surface area contributed by atoms with E-state index in [0.29, 0.717) is 38.5 Å². The van der Waals surface area contributed by atoms with E-state index >= 15 is 0 Å². The van der Waals surface area contributed by atoms with Gasteiger partial charge in [0.1, 0.15) is 0 Å². The Labute approximate surface area is 134 Å². The van der Waals surface area contributed by atoms with E-state index in [9.17, 15) is 9.90 Å². The van der Waals surface area contributed by atoms with Gasteiger partial charge in [-0.2, -0.15) is 0 Å². The van der Waals surface area contributed by atoms with Crippen LogP contribution in [-0.4, -0.2) is 55.0 Å². The molecule has 0 aromatic carbocycles. The van der Waals surface area contributed by atoms with Crippen LogP contribution in [0.2, 0.25) is 0 Å². The Bertz CT molecular complexity index is 358. The topological polar surface area (TPSA) is 61.8 Å². The zero-order valence-electron chi connectivity index (χ0n) is 14.1. The predicted octanol–water partition coefficient (Wildman–Crippen LogP) is 2.39. The van der Waals surface area contributed by atoms with Crippen LogP contribution in [0.3, 0.4) is 0 Å². The summed E-state index contributed by atoms with van der Waals surface area (Å²) in [6.07, 6.45) is 7.70. The number of urea groups is 1. The fraction of sp³-hybridized carbons (Fsp3) is 0.941. The van der Waals surface area contributed by atoms with Gasteiger partial charge in [-0.3, -0.25) is 0 Å². The summed E-state index contributed by atoms with van der Waals surface area (Å²) in [5.74, 6) is 0.732. The van der Waals surface area contributed by atoms with Crippen molar-refractivity contribution in [1.29, 1.82) is 0 Å². The molecule has 2 fully saturated rings. The summed E-state index contributed by atoms with van der Waals surface area (Å²) < 4.78 is 5.09. The van der Waals surface area contributed by atoms with Gasteiger partial charge in [-0.15, -0.1) is 0 Å². The van der Waals surface area contributed by atoms with Crippen LogP contribution in [-0.2, 0) is 4.74 Å². The van der Waals surface area contributed by atoms with Gasteiger partial charge in [0, 0.05) is 39.3 Å². The molecule has 1 saturated heterocycles. The SMILES string of the molecule is COCC[C@]1(O)CCN(C(=O)NCC2CCCCC2)C[C@H]1C. The highest BCUT2D eigenvalue weighted by molar-refractivity contribution is 5.74. The first kappa shape index (κ1) is 17.5. The van der Waals surface area contributed by atoms with Crippen LogP contribution >= 0.6 is 0 Å². The molecule has 0 unspecified atom stereocenters. The van der Waals surface area contributed by atoms with Crippen molar-refractivity contribution in [2.75, 3.05) is 33.4 Å². The summed E-state index contributed by atoms with van der Waals surface area (Å²) in [5.41, 5.74) is -0.698. The van der Waals surface area contributed by atoms with Crippen LogP contribution in [0.15, 0.2) is 0 Å². The van der Waals surface area contributed by atoms with Gasteiger partial charge in [0.15, 0.2) is 0 Å². The molecule has 1 aliphatic carbocycles. The lowest BCUT2D eigenvalue weighted by Gasteiger charge is -2.43. The van der Waals surface area contributed by atoms with Crippen molar-refractivity contribution in [1.82, 2.24) is 10.2 Å². The minimum Gasteiger partial charge on any atom is -0.389 e. The quantitative estimate of drug-likeness (QED) is 0.819. The van der Waals surface area contributed by atoms with E-state index in [-0.39, 0.29) is 11.9 Å². The van der Waals surface area contributed by atoms with Gasteiger partial charge in [0.05, 0.1) is 5.60 Å². The van der Waals surface area contributed by atoms with Gasteiger partial charge in [-0.25, -0.2) is 4.79 Å². The number of piperidine rings is 1. The molecule has 0 radical (unpaired) electrons. The molecule has 1 saturated carbocycles. The van der Waals surface area contributed by atoms with Crippen molar-refractivity contribution < 1.29 is 14.6 Å². The molecule has 2 N–H and O–H groups in total. The first-order valence-corrected chi connectivity index (χ1v) is 8.79. The van der Waals surface area contributed by atoms with Gasteiger partial charge in [-0.1, -0.05) is 26.2 Å². The number of ether oxygens (including phenoxy) is 1. The standard InChI is InChI=1S/C17H32N2O3/c1-14-13-19(10-8-17(14,21)9-11-22-2)16(20)18-12-15-6-4-3-5-7-15/h14-15,21H,3-13H2,1-2H3,(H,18,20)/t14-,17-/m1/s1. The van der Waals surface area contributed by atoms with Crippen LogP contribution in [0.5, 0.6) is 0 Å². The van der Waals surface area contributed by atoms with Crippen molar-refractivity contribution in [3.05, 3.63) is 0 Å². The Morgan fingerprint density at radius 3 is 2.73 bits per heavy atom. The third-order valence-corrected chi connectivity index (χ3v) is 5.52. The monoisotopic (exact) mass is 312 g/mol. The van der Waals surface area contributed by atoms with E-state index in [0.717, 1.165) is 6.54 Å². The normalized spacial score (nSPS) is 30.3. The molecular weight excluding hydrogens is 280 g/mol. The number of nitrogens with one attached hydrogen (secondary N) is 1. The first-order valence-electron chi connectivity index (χ1n) is 8.79. The fourth-order valence-electron chi connectivity index (χ4n) is 3.74. The van der Waals surface area contributed by atoms with Crippen LogP contribution in [0.1, 0.15) is 51.9 Å². The summed E-state index contributed by atoms with van der Waals surface area (Å²) in [7, 11) is 1.65. The molecular formula is C17H32N2O3. The summed E-state index contributed by atoms with van der Waals surface area (Å²) in [5, 5.41) is 13.8. The van der Waals surface area contributed by atoms with Gasteiger partial charge in [-0.05, 0) is 31.6 Å². The fourth-order valence-corrected chi connectivity index (χ4v) is 3.74. The number of aliphatic hydroxyl groups is 1. The number of rotatable bonds is 5. The molecule has 22 heavy (non-hydrogen) atoms. The molecule has 5 heteroatoms. The smallest absolute Gasteiger partial charge is 0.317 e. The van der Waals surface area contributed by atoms with E-state index in [1.54, 1.807) is 7.11 Å². The summed E-state index contributed by atoms with van der Waals surface area (Å²) in [4.78, 5) is 14.2. The minimum atomic E-state index is -0.698. The highest BCUT2D eigenvalue weighted by Crippen LogP contribution is 2.31. The molecule has 128 valence electrons. The number of likely N-dealkylation sites (tertiary alicyclic amines) is 1. The molecule has 0 aromatic heterocycles. The molecule has 2 aliphatic rings. The van der Waals surface area contributed by atoms with Crippen molar-refractivity contribution in [2.45, 2.75) is 57.5 Å². The maximum atomic E-state index is 12.3. The predicted molar refractivity (Wildman–Crippen MR) is 86.8 cm³/mol. The van der Waals surface area contributed by atoms with Gasteiger partial charge in [0.2, 0.25) is 0 Å². The summed E-state index contributed by atoms with van der Waals surface area (Å²) in [6, 6.07) is 0.0335. The van der Waals surface area contributed by atoms with E-state index in [1.165, 1.54) is 32.1 Å². The zero-order chi connectivity index (χ0) is 16.0. The van der Waals surface area contributed by atoms with Gasteiger partial charge >= 0.3 is 6.03 Å². The molecule has 0 aromatic rings. The average Bonchev–Trinajstić information content (AvgIpc) is 2.54.